The van der Waals surface area contributed by atoms with Gasteiger partial charge in [-0.2, -0.15) is 5.10 Å². The van der Waals surface area contributed by atoms with Gasteiger partial charge in [0.25, 0.3) is 0 Å². The van der Waals surface area contributed by atoms with Crippen LogP contribution in [-0.4, -0.2) is 40.8 Å². The van der Waals surface area contributed by atoms with E-state index in [0.717, 1.165) is 37.2 Å². The molecule has 0 aliphatic rings. The zero-order valence-electron chi connectivity index (χ0n) is 14.6. The first-order valence-electron chi connectivity index (χ1n) is 8.29. The van der Waals surface area contributed by atoms with Crippen LogP contribution < -0.4 is 5.32 Å². The molecular formula is C18H26ClN5. The molecule has 0 fully saturated rings. The number of halogens is 1. The lowest BCUT2D eigenvalue weighted by Crippen LogP contribution is -2.38. The lowest BCUT2D eigenvalue weighted by atomic mass is 10.2. The van der Waals surface area contributed by atoms with E-state index in [1.165, 1.54) is 5.56 Å². The number of nitrogens with one attached hydrogen (secondary N) is 1. The Morgan fingerprint density at radius 2 is 2.12 bits per heavy atom. The summed E-state index contributed by atoms with van der Waals surface area (Å²) < 4.78 is 1.95. The maximum Gasteiger partial charge on any atom is 0.193 e. The summed E-state index contributed by atoms with van der Waals surface area (Å²) >= 11 is 5.95. The first kappa shape index (κ1) is 18.3. The van der Waals surface area contributed by atoms with Crippen LogP contribution in [0.25, 0.3) is 0 Å². The molecule has 1 heterocycles. The Labute approximate surface area is 149 Å². The number of aromatic nitrogens is 2. The maximum atomic E-state index is 5.95. The van der Waals surface area contributed by atoms with E-state index in [4.69, 9.17) is 16.6 Å². The molecule has 0 saturated heterocycles. The minimum Gasteiger partial charge on any atom is -0.357 e. The van der Waals surface area contributed by atoms with E-state index in [-0.39, 0.29) is 0 Å². The van der Waals surface area contributed by atoms with Crippen molar-refractivity contribution in [2.45, 2.75) is 26.9 Å². The third-order valence-electron chi connectivity index (χ3n) is 3.64. The fourth-order valence-corrected chi connectivity index (χ4v) is 2.56. The molecule has 5 nitrogen and oxygen atoms in total. The topological polar surface area (TPSA) is 45.5 Å². The number of hydrogen-bond donors (Lipinski definition) is 1. The number of guanidine groups is 1. The summed E-state index contributed by atoms with van der Waals surface area (Å²) in [6.45, 7) is 7.53. The number of hydrogen-bond acceptors (Lipinski definition) is 2. The second-order valence-electron chi connectivity index (χ2n) is 6.01. The molecule has 0 saturated carbocycles. The fraction of sp³-hybridized carbons (Fsp3) is 0.444. The predicted molar refractivity (Wildman–Crippen MR) is 100 cm³/mol. The summed E-state index contributed by atoms with van der Waals surface area (Å²) in [6.07, 6.45) is 3.79. The maximum absolute atomic E-state index is 5.95. The summed E-state index contributed by atoms with van der Waals surface area (Å²) in [5.74, 6) is 1.34. The normalized spacial score (nSPS) is 12.9. The van der Waals surface area contributed by atoms with Crippen LogP contribution in [0.4, 0.5) is 0 Å². The molecule has 0 spiro atoms. The van der Waals surface area contributed by atoms with Crippen LogP contribution in [0.1, 0.15) is 19.4 Å². The first-order valence-corrected chi connectivity index (χ1v) is 8.67. The van der Waals surface area contributed by atoms with Crippen LogP contribution in [0.15, 0.2) is 47.7 Å². The second-order valence-corrected chi connectivity index (χ2v) is 6.45. The summed E-state index contributed by atoms with van der Waals surface area (Å²) in [5.41, 5.74) is 1.21. The highest BCUT2D eigenvalue weighted by molar-refractivity contribution is 6.30. The zero-order chi connectivity index (χ0) is 17.4. The molecule has 0 aliphatic carbocycles. The van der Waals surface area contributed by atoms with E-state index >= 15 is 0 Å². The van der Waals surface area contributed by atoms with Gasteiger partial charge in [-0.1, -0.05) is 30.7 Å². The minimum atomic E-state index is 0.419. The van der Waals surface area contributed by atoms with Crippen LogP contribution >= 0.6 is 11.6 Å². The Balaban J connectivity index is 1.94. The van der Waals surface area contributed by atoms with Crippen LogP contribution in [0, 0.1) is 5.92 Å². The predicted octanol–water partition coefficient (Wildman–Crippen LogP) is 3.27. The van der Waals surface area contributed by atoms with Crippen molar-refractivity contribution in [3.05, 3.63) is 53.3 Å². The first-order chi connectivity index (χ1) is 11.6. The highest BCUT2D eigenvalue weighted by atomic mass is 35.5. The summed E-state index contributed by atoms with van der Waals surface area (Å²) in [4.78, 5) is 6.90. The molecular weight excluding hydrogens is 322 g/mol. The fourth-order valence-electron chi connectivity index (χ4n) is 2.44. The van der Waals surface area contributed by atoms with Crippen LogP contribution in [0.3, 0.4) is 0 Å². The van der Waals surface area contributed by atoms with E-state index < -0.39 is 0 Å². The molecule has 24 heavy (non-hydrogen) atoms. The number of aliphatic imine (C=N–C) groups is 1. The van der Waals surface area contributed by atoms with Gasteiger partial charge in [-0.25, -0.2) is 0 Å². The van der Waals surface area contributed by atoms with Crippen molar-refractivity contribution in [2.75, 3.05) is 20.1 Å². The highest BCUT2D eigenvalue weighted by Gasteiger charge is 2.08. The van der Waals surface area contributed by atoms with E-state index in [1.54, 1.807) is 6.20 Å². The van der Waals surface area contributed by atoms with Crippen LogP contribution in [-0.2, 0) is 13.1 Å². The molecule has 0 aliphatic heterocycles. The Kier molecular flexibility index (Phi) is 7.12. The lowest BCUT2D eigenvalue weighted by Gasteiger charge is -2.23. The van der Waals surface area contributed by atoms with Crippen LogP contribution in [0.5, 0.6) is 0 Å². The van der Waals surface area contributed by atoms with Gasteiger partial charge in [0.05, 0.1) is 0 Å². The van der Waals surface area contributed by atoms with E-state index in [0.29, 0.717) is 5.92 Å². The van der Waals surface area contributed by atoms with E-state index in [1.807, 2.05) is 48.3 Å². The smallest absolute Gasteiger partial charge is 0.193 e. The molecule has 0 radical (unpaired) electrons. The molecule has 0 amide bonds. The molecule has 0 bridgehead atoms. The van der Waals surface area contributed by atoms with E-state index in [2.05, 4.69) is 29.2 Å². The van der Waals surface area contributed by atoms with Gasteiger partial charge in [-0.15, -0.1) is 0 Å². The lowest BCUT2D eigenvalue weighted by molar-refractivity contribution is 0.444. The molecule has 1 aromatic heterocycles. The van der Waals surface area contributed by atoms with Crippen molar-refractivity contribution in [3.63, 3.8) is 0 Å². The second kappa shape index (κ2) is 9.33. The highest BCUT2D eigenvalue weighted by Crippen LogP contribution is 2.11. The number of rotatable bonds is 7. The third kappa shape index (κ3) is 5.89. The molecule has 1 unspecified atom stereocenters. The minimum absolute atomic E-state index is 0.419. The van der Waals surface area contributed by atoms with Gasteiger partial charge in [-0.05, 0) is 36.6 Å². The monoisotopic (exact) mass is 347 g/mol. The Morgan fingerprint density at radius 1 is 1.38 bits per heavy atom. The molecule has 1 atom stereocenters. The van der Waals surface area contributed by atoms with E-state index in [9.17, 15) is 0 Å². The third-order valence-corrected chi connectivity index (χ3v) is 3.89. The molecule has 2 aromatic rings. The van der Waals surface area contributed by atoms with Crippen LogP contribution in [0.2, 0.25) is 5.02 Å². The Bertz CT molecular complexity index is 621. The van der Waals surface area contributed by atoms with Gasteiger partial charge in [0, 0.05) is 50.6 Å². The molecule has 2 rings (SSSR count). The average Bonchev–Trinajstić information content (AvgIpc) is 3.06. The SMILES string of the molecule is CCNC(=NCC(C)Cn1cccn1)N(C)Cc1ccc(Cl)cc1. The number of nitrogens with zero attached hydrogens (tertiary/aromatic N) is 4. The number of benzene rings is 1. The largest absolute Gasteiger partial charge is 0.357 e. The van der Waals surface area contributed by atoms with Gasteiger partial charge >= 0.3 is 0 Å². The van der Waals surface area contributed by atoms with Gasteiger partial charge in [-0.3, -0.25) is 9.67 Å². The molecule has 6 heteroatoms. The van der Waals surface area contributed by atoms with Crippen molar-refractivity contribution in [1.82, 2.24) is 20.0 Å². The quantitative estimate of drug-likeness (QED) is 0.617. The Morgan fingerprint density at radius 3 is 2.75 bits per heavy atom. The molecule has 130 valence electrons. The van der Waals surface area contributed by atoms with Crippen molar-refractivity contribution >= 4 is 17.6 Å². The van der Waals surface area contributed by atoms with Crippen molar-refractivity contribution in [2.24, 2.45) is 10.9 Å². The summed E-state index contributed by atoms with van der Waals surface area (Å²) in [6, 6.07) is 9.87. The zero-order valence-corrected chi connectivity index (χ0v) is 15.4. The van der Waals surface area contributed by atoms with Gasteiger partial charge in [0.15, 0.2) is 5.96 Å². The van der Waals surface area contributed by atoms with Gasteiger partial charge in [0.1, 0.15) is 0 Å². The van der Waals surface area contributed by atoms with Crippen molar-refractivity contribution in [3.8, 4) is 0 Å². The van der Waals surface area contributed by atoms with Crippen molar-refractivity contribution in [1.29, 1.82) is 0 Å². The summed E-state index contributed by atoms with van der Waals surface area (Å²) in [5, 5.41) is 8.36. The standard InChI is InChI=1S/C18H26ClN5/c1-4-20-18(21-12-15(2)13-24-11-5-10-22-24)23(3)14-16-6-8-17(19)9-7-16/h5-11,15H,4,12-14H2,1-3H3,(H,20,21). The van der Waals surface area contributed by atoms with Crippen molar-refractivity contribution < 1.29 is 0 Å². The Hall–Kier alpha value is -2.01. The average molecular weight is 348 g/mol. The molecule has 1 aromatic carbocycles. The van der Waals surface area contributed by atoms with Gasteiger partial charge in [0.2, 0.25) is 0 Å². The summed E-state index contributed by atoms with van der Waals surface area (Å²) in [7, 11) is 2.05. The van der Waals surface area contributed by atoms with Gasteiger partial charge < -0.3 is 10.2 Å². The molecule has 1 N–H and O–H groups in total.